The molecule has 4 bridgehead atoms. The molecule has 1 aromatic rings. The molecular formula is C20H27NO3S. The molecule has 5 heteroatoms. The SMILES string of the molecule is CS(=O)(=O)c1ccccc1C(=O)NCCC12CC3CC(CC(C3)C1)C2. The van der Waals surface area contributed by atoms with Gasteiger partial charge in [-0.3, -0.25) is 4.79 Å². The van der Waals surface area contributed by atoms with Gasteiger partial charge >= 0.3 is 0 Å². The molecule has 1 amide bonds. The molecule has 0 spiro atoms. The lowest BCUT2D eigenvalue weighted by molar-refractivity contribution is -0.0564. The van der Waals surface area contributed by atoms with E-state index in [1.807, 2.05) is 0 Å². The molecule has 4 fully saturated rings. The molecule has 4 saturated carbocycles. The monoisotopic (exact) mass is 361 g/mol. The van der Waals surface area contributed by atoms with E-state index in [0.717, 1.165) is 30.4 Å². The molecule has 25 heavy (non-hydrogen) atoms. The lowest BCUT2D eigenvalue weighted by Crippen LogP contribution is -2.47. The van der Waals surface area contributed by atoms with E-state index in [1.165, 1.54) is 44.6 Å². The Bertz CT molecular complexity index is 749. The summed E-state index contributed by atoms with van der Waals surface area (Å²) in [7, 11) is -3.40. The summed E-state index contributed by atoms with van der Waals surface area (Å²) in [6.07, 6.45) is 10.4. The van der Waals surface area contributed by atoms with Crippen molar-refractivity contribution in [3.63, 3.8) is 0 Å². The average Bonchev–Trinajstić information content (AvgIpc) is 2.52. The van der Waals surface area contributed by atoms with Crippen LogP contribution in [-0.2, 0) is 9.84 Å². The minimum absolute atomic E-state index is 0.113. The number of rotatable bonds is 5. The van der Waals surface area contributed by atoms with Gasteiger partial charge in [0.1, 0.15) is 0 Å². The van der Waals surface area contributed by atoms with Crippen LogP contribution in [0.25, 0.3) is 0 Å². The summed E-state index contributed by atoms with van der Waals surface area (Å²) in [5.41, 5.74) is 0.689. The molecule has 4 nitrogen and oxygen atoms in total. The third kappa shape index (κ3) is 3.35. The van der Waals surface area contributed by atoms with Gasteiger partial charge in [-0.05, 0) is 80.2 Å². The maximum Gasteiger partial charge on any atom is 0.252 e. The van der Waals surface area contributed by atoms with Gasteiger partial charge in [-0.1, -0.05) is 12.1 Å². The molecule has 1 N–H and O–H groups in total. The third-order valence-electron chi connectivity index (χ3n) is 6.64. The van der Waals surface area contributed by atoms with Gasteiger partial charge in [-0.15, -0.1) is 0 Å². The second-order valence-corrected chi connectivity index (χ2v) is 10.7. The summed E-state index contributed by atoms with van der Waals surface area (Å²) >= 11 is 0. The van der Waals surface area contributed by atoms with Crippen molar-refractivity contribution in [1.82, 2.24) is 5.32 Å². The van der Waals surface area contributed by atoms with E-state index < -0.39 is 9.84 Å². The number of sulfone groups is 1. The zero-order chi connectivity index (χ0) is 17.7. The first-order valence-corrected chi connectivity index (χ1v) is 11.3. The van der Waals surface area contributed by atoms with Crippen LogP contribution < -0.4 is 5.32 Å². The molecule has 136 valence electrons. The Morgan fingerprint density at radius 3 is 2.20 bits per heavy atom. The molecular weight excluding hydrogens is 334 g/mol. The van der Waals surface area contributed by atoms with Crippen LogP contribution >= 0.6 is 0 Å². The van der Waals surface area contributed by atoms with E-state index in [9.17, 15) is 13.2 Å². The molecule has 0 atom stereocenters. The van der Waals surface area contributed by atoms with Crippen molar-refractivity contribution >= 4 is 15.7 Å². The van der Waals surface area contributed by atoms with Crippen molar-refractivity contribution in [2.24, 2.45) is 23.2 Å². The summed E-state index contributed by atoms with van der Waals surface area (Å²) in [5, 5.41) is 2.98. The predicted molar refractivity (Wildman–Crippen MR) is 97.1 cm³/mol. The van der Waals surface area contributed by atoms with Gasteiger partial charge < -0.3 is 5.32 Å². The Morgan fingerprint density at radius 2 is 1.64 bits per heavy atom. The zero-order valence-electron chi connectivity index (χ0n) is 14.8. The molecule has 5 rings (SSSR count). The number of carbonyl (C=O) groups excluding carboxylic acids is 1. The van der Waals surface area contributed by atoms with Crippen molar-refractivity contribution in [2.45, 2.75) is 49.8 Å². The molecule has 0 unspecified atom stereocenters. The second kappa shape index (κ2) is 6.11. The smallest absolute Gasteiger partial charge is 0.252 e. The maximum absolute atomic E-state index is 12.5. The van der Waals surface area contributed by atoms with Gasteiger partial charge in [0, 0.05) is 12.8 Å². The Morgan fingerprint density at radius 1 is 1.08 bits per heavy atom. The summed E-state index contributed by atoms with van der Waals surface area (Å²) in [5.74, 6) is 2.46. The first kappa shape index (κ1) is 17.1. The van der Waals surface area contributed by atoms with Crippen LogP contribution in [0.15, 0.2) is 29.2 Å². The highest BCUT2D eigenvalue weighted by atomic mass is 32.2. The number of carbonyl (C=O) groups is 1. The van der Waals surface area contributed by atoms with Crippen LogP contribution in [0.3, 0.4) is 0 Å². The highest BCUT2D eigenvalue weighted by Crippen LogP contribution is 2.61. The quantitative estimate of drug-likeness (QED) is 0.874. The Balaban J connectivity index is 1.41. The molecule has 4 aliphatic rings. The van der Waals surface area contributed by atoms with Gasteiger partial charge in [-0.2, -0.15) is 0 Å². The maximum atomic E-state index is 12.5. The Hall–Kier alpha value is -1.36. The Labute approximate surface area is 150 Å². The molecule has 0 aromatic heterocycles. The summed E-state index contributed by atoms with van der Waals surface area (Å²) in [6, 6.07) is 6.46. The molecule has 4 aliphatic carbocycles. The summed E-state index contributed by atoms with van der Waals surface area (Å²) in [6.45, 7) is 0.642. The van der Waals surface area contributed by atoms with Crippen LogP contribution in [0.5, 0.6) is 0 Å². The van der Waals surface area contributed by atoms with Gasteiger partial charge in [0.2, 0.25) is 0 Å². The average molecular weight is 362 g/mol. The van der Waals surface area contributed by atoms with Crippen molar-refractivity contribution in [2.75, 3.05) is 12.8 Å². The topological polar surface area (TPSA) is 63.2 Å². The fraction of sp³-hybridized carbons (Fsp3) is 0.650. The number of hydrogen-bond donors (Lipinski definition) is 1. The number of amides is 1. The number of nitrogens with one attached hydrogen (secondary N) is 1. The van der Waals surface area contributed by atoms with Gasteiger partial charge in [0.25, 0.3) is 5.91 Å². The molecule has 0 saturated heterocycles. The van der Waals surface area contributed by atoms with E-state index in [4.69, 9.17) is 0 Å². The first-order valence-electron chi connectivity index (χ1n) is 9.42. The highest BCUT2D eigenvalue weighted by Gasteiger charge is 2.50. The highest BCUT2D eigenvalue weighted by molar-refractivity contribution is 7.90. The number of benzene rings is 1. The van der Waals surface area contributed by atoms with Gasteiger partial charge in [0.05, 0.1) is 10.5 Å². The first-order chi connectivity index (χ1) is 11.8. The molecule has 0 radical (unpaired) electrons. The summed E-state index contributed by atoms with van der Waals surface area (Å²) in [4.78, 5) is 12.6. The van der Waals surface area contributed by atoms with Crippen LogP contribution in [0.2, 0.25) is 0 Å². The third-order valence-corrected chi connectivity index (χ3v) is 7.79. The second-order valence-electron chi connectivity index (χ2n) is 8.69. The molecule has 0 aliphatic heterocycles. The van der Waals surface area contributed by atoms with E-state index in [-0.39, 0.29) is 16.4 Å². The van der Waals surface area contributed by atoms with Crippen molar-refractivity contribution in [1.29, 1.82) is 0 Å². The zero-order valence-corrected chi connectivity index (χ0v) is 15.6. The minimum atomic E-state index is -3.40. The van der Waals surface area contributed by atoms with Crippen LogP contribution in [0, 0.1) is 23.2 Å². The normalized spacial score (nSPS) is 33.4. The van der Waals surface area contributed by atoms with Crippen LogP contribution in [-0.4, -0.2) is 27.1 Å². The fourth-order valence-electron chi connectivity index (χ4n) is 6.11. The molecule has 0 heterocycles. The van der Waals surface area contributed by atoms with Crippen LogP contribution in [0.4, 0.5) is 0 Å². The Kier molecular flexibility index (Phi) is 4.18. The minimum Gasteiger partial charge on any atom is -0.352 e. The van der Waals surface area contributed by atoms with Crippen molar-refractivity contribution in [3.8, 4) is 0 Å². The van der Waals surface area contributed by atoms with Crippen LogP contribution in [0.1, 0.15) is 55.3 Å². The molecule has 1 aromatic carbocycles. The number of hydrogen-bond acceptors (Lipinski definition) is 3. The van der Waals surface area contributed by atoms with Crippen molar-refractivity contribution in [3.05, 3.63) is 29.8 Å². The fourth-order valence-corrected chi connectivity index (χ4v) is 7.00. The summed E-state index contributed by atoms with van der Waals surface area (Å²) < 4.78 is 23.8. The van der Waals surface area contributed by atoms with E-state index in [1.54, 1.807) is 18.2 Å². The van der Waals surface area contributed by atoms with E-state index >= 15 is 0 Å². The van der Waals surface area contributed by atoms with E-state index in [2.05, 4.69) is 5.32 Å². The van der Waals surface area contributed by atoms with Gasteiger partial charge in [-0.25, -0.2) is 8.42 Å². The lowest BCUT2D eigenvalue weighted by atomic mass is 9.49. The van der Waals surface area contributed by atoms with Crippen molar-refractivity contribution < 1.29 is 13.2 Å². The van der Waals surface area contributed by atoms with E-state index in [0.29, 0.717) is 12.0 Å². The largest absolute Gasteiger partial charge is 0.352 e. The lowest BCUT2D eigenvalue weighted by Gasteiger charge is -2.57. The van der Waals surface area contributed by atoms with Gasteiger partial charge in [0.15, 0.2) is 9.84 Å². The standard InChI is InChI=1S/C20H27NO3S/c1-25(23,24)18-5-3-2-4-17(18)19(22)21-7-6-20-11-14-8-15(12-20)10-16(9-14)13-20/h2-5,14-16H,6-13H2,1H3,(H,21,22). The predicted octanol–water partition coefficient (Wildman–Crippen LogP) is 3.43.